The Morgan fingerprint density at radius 1 is 1.64 bits per heavy atom. The summed E-state index contributed by atoms with van der Waals surface area (Å²) < 4.78 is 0. The molecule has 14 heavy (non-hydrogen) atoms. The van der Waals surface area contributed by atoms with E-state index < -0.39 is 0 Å². The van der Waals surface area contributed by atoms with Crippen LogP contribution in [0, 0.1) is 5.41 Å². The lowest BCUT2D eigenvalue weighted by molar-refractivity contribution is -0.135. The summed E-state index contributed by atoms with van der Waals surface area (Å²) in [6.45, 7) is 2.69. The molecule has 0 aromatic carbocycles. The standard InChI is InChI=1S/C10H20N2O2/c1-8(13)3-6-12-9(14)10(7-11)4-2-5-10/h8,13H,2-7,11H2,1H3,(H,12,14). The van der Waals surface area contributed by atoms with Crippen LogP contribution in [0.1, 0.15) is 32.6 Å². The second-order valence-electron chi connectivity index (χ2n) is 4.23. The number of rotatable bonds is 5. The van der Waals surface area contributed by atoms with Crippen LogP contribution in [0.25, 0.3) is 0 Å². The summed E-state index contributed by atoms with van der Waals surface area (Å²) in [4.78, 5) is 11.7. The number of carbonyl (C=O) groups is 1. The average molecular weight is 200 g/mol. The Kier molecular flexibility index (Phi) is 3.89. The molecule has 4 N–H and O–H groups in total. The minimum Gasteiger partial charge on any atom is -0.393 e. The Morgan fingerprint density at radius 2 is 2.29 bits per heavy atom. The SMILES string of the molecule is CC(O)CCNC(=O)C1(CN)CCC1. The van der Waals surface area contributed by atoms with E-state index in [0.29, 0.717) is 19.5 Å². The molecule has 4 nitrogen and oxygen atoms in total. The van der Waals surface area contributed by atoms with Gasteiger partial charge in [-0.05, 0) is 26.2 Å². The van der Waals surface area contributed by atoms with Gasteiger partial charge in [-0.2, -0.15) is 0 Å². The summed E-state index contributed by atoms with van der Waals surface area (Å²) in [6, 6.07) is 0. The van der Waals surface area contributed by atoms with Crippen molar-refractivity contribution in [2.45, 2.75) is 38.7 Å². The van der Waals surface area contributed by atoms with Crippen LogP contribution >= 0.6 is 0 Å². The Balaban J connectivity index is 2.27. The maximum absolute atomic E-state index is 11.7. The summed E-state index contributed by atoms with van der Waals surface area (Å²) in [5.74, 6) is 0.0619. The molecular formula is C10H20N2O2. The van der Waals surface area contributed by atoms with Crippen LogP contribution in [0.5, 0.6) is 0 Å². The molecule has 1 unspecified atom stereocenters. The monoisotopic (exact) mass is 200 g/mol. The van der Waals surface area contributed by atoms with Crippen LogP contribution in [0.15, 0.2) is 0 Å². The third kappa shape index (κ3) is 2.45. The van der Waals surface area contributed by atoms with Gasteiger partial charge < -0.3 is 16.2 Å². The minimum absolute atomic E-state index is 0.0619. The van der Waals surface area contributed by atoms with Gasteiger partial charge in [-0.1, -0.05) is 6.42 Å². The van der Waals surface area contributed by atoms with Gasteiger partial charge in [0.15, 0.2) is 0 Å². The fraction of sp³-hybridized carbons (Fsp3) is 0.900. The van der Waals surface area contributed by atoms with Crippen LogP contribution in [0.3, 0.4) is 0 Å². The number of carbonyl (C=O) groups excluding carboxylic acids is 1. The predicted molar refractivity (Wildman–Crippen MR) is 54.6 cm³/mol. The Morgan fingerprint density at radius 3 is 2.64 bits per heavy atom. The fourth-order valence-electron chi connectivity index (χ4n) is 1.71. The van der Waals surface area contributed by atoms with Crippen molar-refractivity contribution in [1.82, 2.24) is 5.32 Å². The lowest BCUT2D eigenvalue weighted by atomic mass is 9.68. The Labute approximate surface area is 84.9 Å². The van der Waals surface area contributed by atoms with Gasteiger partial charge in [-0.3, -0.25) is 4.79 Å². The van der Waals surface area contributed by atoms with Gasteiger partial charge in [0.05, 0.1) is 11.5 Å². The number of nitrogens with one attached hydrogen (secondary N) is 1. The highest BCUT2D eigenvalue weighted by Gasteiger charge is 2.42. The van der Waals surface area contributed by atoms with Crippen molar-refractivity contribution in [1.29, 1.82) is 0 Å². The highest BCUT2D eigenvalue weighted by atomic mass is 16.3. The van der Waals surface area contributed by atoms with Gasteiger partial charge in [0.1, 0.15) is 0 Å². The molecule has 0 aromatic rings. The molecule has 1 rings (SSSR count). The normalized spacial score (nSPS) is 21.1. The van der Waals surface area contributed by atoms with Gasteiger partial charge in [0, 0.05) is 13.1 Å². The van der Waals surface area contributed by atoms with Crippen LogP contribution < -0.4 is 11.1 Å². The van der Waals surface area contributed by atoms with Crippen molar-refractivity contribution in [3.8, 4) is 0 Å². The number of aliphatic hydroxyl groups is 1. The molecule has 82 valence electrons. The van der Waals surface area contributed by atoms with E-state index in [2.05, 4.69) is 5.32 Å². The topological polar surface area (TPSA) is 75.3 Å². The second kappa shape index (κ2) is 4.75. The Hall–Kier alpha value is -0.610. The summed E-state index contributed by atoms with van der Waals surface area (Å²) in [7, 11) is 0. The van der Waals surface area contributed by atoms with E-state index in [0.717, 1.165) is 19.3 Å². The zero-order chi connectivity index (χ0) is 10.6. The molecule has 1 fully saturated rings. The largest absolute Gasteiger partial charge is 0.393 e. The highest BCUT2D eigenvalue weighted by molar-refractivity contribution is 5.83. The molecule has 0 aliphatic heterocycles. The van der Waals surface area contributed by atoms with E-state index in [1.165, 1.54) is 0 Å². The molecule has 1 amide bonds. The fourth-order valence-corrected chi connectivity index (χ4v) is 1.71. The van der Waals surface area contributed by atoms with Crippen molar-refractivity contribution in [3.05, 3.63) is 0 Å². The molecule has 0 bridgehead atoms. The summed E-state index contributed by atoms with van der Waals surface area (Å²) in [5, 5.41) is 11.8. The molecule has 1 atom stereocenters. The maximum Gasteiger partial charge on any atom is 0.227 e. The second-order valence-corrected chi connectivity index (χ2v) is 4.23. The number of nitrogens with two attached hydrogens (primary N) is 1. The van der Waals surface area contributed by atoms with Gasteiger partial charge in [-0.25, -0.2) is 0 Å². The van der Waals surface area contributed by atoms with Crippen molar-refractivity contribution in [2.75, 3.05) is 13.1 Å². The lowest BCUT2D eigenvalue weighted by Gasteiger charge is -2.39. The first-order valence-electron chi connectivity index (χ1n) is 5.27. The van der Waals surface area contributed by atoms with E-state index in [-0.39, 0.29) is 17.4 Å². The van der Waals surface area contributed by atoms with Crippen molar-refractivity contribution < 1.29 is 9.90 Å². The molecule has 1 aliphatic rings. The first kappa shape index (κ1) is 11.5. The smallest absolute Gasteiger partial charge is 0.227 e. The average Bonchev–Trinajstić information content (AvgIpc) is 2.02. The number of amides is 1. The van der Waals surface area contributed by atoms with E-state index in [9.17, 15) is 4.79 Å². The molecule has 0 heterocycles. The van der Waals surface area contributed by atoms with E-state index in [4.69, 9.17) is 10.8 Å². The number of aliphatic hydroxyl groups excluding tert-OH is 1. The summed E-state index contributed by atoms with van der Waals surface area (Å²) in [5.41, 5.74) is 5.30. The predicted octanol–water partition coefficient (Wildman–Crippen LogP) is 0.00250. The quantitative estimate of drug-likeness (QED) is 0.585. The van der Waals surface area contributed by atoms with Crippen LogP contribution in [0.4, 0.5) is 0 Å². The molecule has 0 saturated heterocycles. The third-order valence-electron chi connectivity index (χ3n) is 3.03. The van der Waals surface area contributed by atoms with Gasteiger partial charge in [0.25, 0.3) is 0 Å². The highest BCUT2D eigenvalue weighted by Crippen LogP contribution is 2.39. The molecule has 1 saturated carbocycles. The van der Waals surface area contributed by atoms with Crippen LogP contribution in [0.2, 0.25) is 0 Å². The lowest BCUT2D eigenvalue weighted by Crippen LogP contribution is -2.50. The van der Waals surface area contributed by atoms with Crippen LogP contribution in [-0.2, 0) is 4.79 Å². The first-order chi connectivity index (χ1) is 6.60. The molecule has 4 heteroatoms. The first-order valence-corrected chi connectivity index (χ1v) is 5.27. The van der Waals surface area contributed by atoms with Crippen molar-refractivity contribution >= 4 is 5.91 Å². The zero-order valence-electron chi connectivity index (χ0n) is 8.75. The molecule has 0 aromatic heterocycles. The van der Waals surface area contributed by atoms with E-state index >= 15 is 0 Å². The summed E-state index contributed by atoms with van der Waals surface area (Å²) >= 11 is 0. The molecule has 0 radical (unpaired) electrons. The van der Waals surface area contributed by atoms with Gasteiger partial charge in [0.2, 0.25) is 5.91 Å². The van der Waals surface area contributed by atoms with E-state index in [1.807, 2.05) is 0 Å². The van der Waals surface area contributed by atoms with Gasteiger partial charge in [-0.15, -0.1) is 0 Å². The molecule has 0 spiro atoms. The maximum atomic E-state index is 11.7. The van der Waals surface area contributed by atoms with E-state index in [1.54, 1.807) is 6.92 Å². The third-order valence-corrected chi connectivity index (χ3v) is 3.03. The molecular weight excluding hydrogens is 180 g/mol. The summed E-state index contributed by atoms with van der Waals surface area (Å²) in [6.07, 6.45) is 3.16. The molecule has 1 aliphatic carbocycles. The Bertz CT molecular complexity index is 195. The van der Waals surface area contributed by atoms with Crippen molar-refractivity contribution in [3.63, 3.8) is 0 Å². The number of hydrogen-bond donors (Lipinski definition) is 3. The minimum atomic E-state index is -0.356. The zero-order valence-corrected chi connectivity index (χ0v) is 8.75. The number of hydrogen-bond acceptors (Lipinski definition) is 3. The van der Waals surface area contributed by atoms with Crippen LogP contribution in [-0.4, -0.2) is 30.2 Å². The van der Waals surface area contributed by atoms with Crippen molar-refractivity contribution in [2.24, 2.45) is 11.1 Å². The van der Waals surface area contributed by atoms with Gasteiger partial charge >= 0.3 is 0 Å².